The molecule has 0 radical (unpaired) electrons. The molecule has 2 heterocycles. The van der Waals surface area contributed by atoms with Crippen LogP contribution in [0.2, 0.25) is 0 Å². The minimum absolute atomic E-state index is 0.0607. The number of rotatable bonds is 5. The van der Waals surface area contributed by atoms with Crippen LogP contribution in [0.4, 0.5) is 43.9 Å². The third-order valence-corrected chi connectivity index (χ3v) is 4.69. The second kappa shape index (κ2) is 9.82. The summed E-state index contributed by atoms with van der Waals surface area (Å²) in [6.45, 7) is 0. The molecule has 4 rings (SSSR count). The summed E-state index contributed by atoms with van der Waals surface area (Å²) in [5.41, 5.74) is 5.30. The van der Waals surface area contributed by atoms with Crippen molar-refractivity contribution in [2.75, 3.05) is 16.4 Å². The van der Waals surface area contributed by atoms with E-state index in [-0.39, 0.29) is 23.6 Å². The van der Waals surface area contributed by atoms with E-state index in [0.717, 1.165) is 12.3 Å². The van der Waals surface area contributed by atoms with E-state index >= 15 is 0 Å². The summed E-state index contributed by atoms with van der Waals surface area (Å²) in [4.78, 5) is 23.7. The standard InChI is InChI=1S/C23H15F5N6O2/c24-14-8-17(20(29)30-9-14)12-1-4-16(5-2-12)36-22-31-10-15(11-32-22)33-21(35)34-19-6-3-13(7-18(19)25)23(26,27)28/h1-11H,(H2,29,30)(H2,33,34,35). The molecule has 4 aromatic rings. The number of benzene rings is 2. The van der Waals surface area contributed by atoms with Gasteiger partial charge in [-0.3, -0.25) is 0 Å². The molecular formula is C23H15F5N6O2. The molecule has 0 aliphatic rings. The lowest BCUT2D eigenvalue weighted by atomic mass is 10.1. The number of nitrogens with two attached hydrogens (primary N) is 1. The first-order valence-electron chi connectivity index (χ1n) is 10.0. The number of nitrogens with zero attached hydrogens (tertiary/aromatic N) is 3. The van der Waals surface area contributed by atoms with Gasteiger partial charge in [0.1, 0.15) is 23.2 Å². The fourth-order valence-corrected chi connectivity index (χ4v) is 3.00. The molecule has 0 aliphatic carbocycles. The molecule has 0 saturated carbocycles. The first kappa shape index (κ1) is 24.3. The van der Waals surface area contributed by atoms with Gasteiger partial charge in [0.05, 0.1) is 35.5 Å². The third-order valence-electron chi connectivity index (χ3n) is 4.69. The minimum Gasteiger partial charge on any atom is -0.424 e. The molecule has 4 N–H and O–H groups in total. The monoisotopic (exact) mass is 502 g/mol. The predicted octanol–water partition coefficient (Wildman–Crippen LogP) is 5.85. The number of anilines is 3. The normalized spacial score (nSPS) is 11.1. The van der Waals surface area contributed by atoms with Crippen LogP contribution in [0.1, 0.15) is 5.56 Å². The van der Waals surface area contributed by atoms with Crippen LogP contribution in [0, 0.1) is 11.6 Å². The Kier molecular flexibility index (Phi) is 6.63. The Morgan fingerprint density at radius 2 is 1.58 bits per heavy atom. The van der Waals surface area contributed by atoms with E-state index in [1.54, 1.807) is 24.3 Å². The number of pyridine rings is 1. The molecule has 0 atom stereocenters. The van der Waals surface area contributed by atoms with E-state index < -0.39 is 35.1 Å². The summed E-state index contributed by atoms with van der Waals surface area (Å²) in [7, 11) is 0. The summed E-state index contributed by atoms with van der Waals surface area (Å²) in [6, 6.07) is 8.45. The quantitative estimate of drug-likeness (QED) is 0.295. The number of ether oxygens (including phenoxy) is 1. The van der Waals surface area contributed by atoms with Crippen LogP contribution in [0.3, 0.4) is 0 Å². The van der Waals surface area contributed by atoms with E-state index in [1.165, 1.54) is 18.5 Å². The number of hydrogen-bond acceptors (Lipinski definition) is 6. The second-order valence-electron chi connectivity index (χ2n) is 7.24. The molecule has 2 aromatic heterocycles. The van der Waals surface area contributed by atoms with Gasteiger partial charge >= 0.3 is 18.2 Å². The molecule has 13 heteroatoms. The lowest BCUT2D eigenvalue weighted by Crippen LogP contribution is -2.20. The van der Waals surface area contributed by atoms with Gasteiger partial charge in [0, 0.05) is 5.56 Å². The number of urea groups is 1. The van der Waals surface area contributed by atoms with Gasteiger partial charge in [0.2, 0.25) is 0 Å². The second-order valence-corrected chi connectivity index (χ2v) is 7.24. The van der Waals surface area contributed by atoms with Crippen LogP contribution in [-0.2, 0) is 6.18 Å². The highest BCUT2D eigenvalue weighted by Gasteiger charge is 2.31. The Morgan fingerprint density at radius 1 is 0.889 bits per heavy atom. The first-order chi connectivity index (χ1) is 17.1. The van der Waals surface area contributed by atoms with Gasteiger partial charge in [-0.05, 0) is 42.0 Å². The van der Waals surface area contributed by atoms with Crippen molar-refractivity contribution in [3.8, 4) is 22.9 Å². The zero-order chi connectivity index (χ0) is 25.9. The fraction of sp³-hybridized carbons (Fsp3) is 0.0435. The number of amides is 2. The highest BCUT2D eigenvalue weighted by molar-refractivity contribution is 5.99. The summed E-state index contributed by atoms with van der Waals surface area (Å²) in [5, 5.41) is 4.42. The Balaban J connectivity index is 1.36. The molecular weight excluding hydrogens is 487 g/mol. The molecule has 0 spiro atoms. The van der Waals surface area contributed by atoms with E-state index in [0.29, 0.717) is 22.9 Å². The van der Waals surface area contributed by atoms with Crippen LogP contribution in [-0.4, -0.2) is 21.0 Å². The van der Waals surface area contributed by atoms with Gasteiger partial charge in [-0.2, -0.15) is 13.2 Å². The molecule has 0 saturated heterocycles. The number of halogens is 5. The summed E-state index contributed by atoms with van der Waals surface area (Å²) in [5.74, 6) is -1.25. The Bertz CT molecular complexity index is 1400. The van der Waals surface area contributed by atoms with Crippen molar-refractivity contribution in [2.24, 2.45) is 0 Å². The Morgan fingerprint density at radius 3 is 2.22 bits per heavy atom. The SMILES string of the molecule is Nc1ncc(F)cc1-c1ccc(Oc2ncc(NC(=O)Nc3ccc(C(F)(F)F)cc3F)cn2)cc1. The summed E-state index contributed by atoms with van der Waals surface area (Å²) >= 11 is 0. The van der Waals surface area contributed by atoms with Crippen LogP contribution < -0.4 is 21.1 Å². The summed E-state index contributed by atoms with van der Waals surface area (Å²) < 4.78 is 70.7. The number of hydrogen-bond donors (Lipinski definition) is 3. The molecule has 184 valence electrons. The molecule has 2 amide bonds. The number of alkyl halides is 3. The van der Waals surface area contributed by atoms with E-state index in [4.69, 9.17) is 10.5 Å². The van der Waals surface area contributed by atoms with Crippen LogP contribution >= 0.6 is 0 Å². The molecule has 2 aromatic carbocycles. The lowest BCUT2D eigenvalue weighted by Gasteiger charge is -2.11. The van der Waals surface area contributed by atoms with Gasteiger partial charge in [-0.15, -0.1) is 0 Å². The van der Waals surface area contributed by atoms with Crippen molar-refractivity contribution in [3.63, 3.8) is 0 Å². The largest absolute Gasteiger partial charge is 0.424 e. The van der Waals surface area contributed by atoms with Gasteiger partial charge in [0.15, 0.2) is 0 Å². The summed E-state index contributed by atoms with van der Waals surface area (Å²) in [6.07, 6.45) is -1.28. The van der Waals surface area contributed by atoms with Crippen molar-refractivity contribution in [1.82, 2.24) is 15.0 Å². The average molecular weight is 502 g/mol. The van der Waals surface area contributed by atoms with Crippen LogP contribution in [0.15, 0.2) is 67.1 Å². The maximum Gasteiger partial charge on any atom is 0.416 e. The fourth-order valence-electron chi connectivity index (χ4n) is 3.00. The van der Waals surface area contributed by atoms with Crippen molar-refractivity contribution in [1.29, 1.82) is 0 Å². The Hall–Kier alpha value is -4.81. The maximum absolute atomic E-state index is 13.9. The lowest BCUT2D eigenvalue weighted by molar-refractivity contribution is -0.137. The van der Waals surface area contributed by atoms with Crippen molar-refractivity contribution in [2.45, 2.75) is 6.18 Å². The maximum atomic E-state index is 13.9. The van der Waals surface area contributed by atoms with E-state index in [1.807, 2.05) is 0 Å². The Labute approximate surface area is 200 Å². The van der Waals surface area contributed by atoms with Gasteiger partial charge in [-0.25, -0.2) is 28.5 Å². The number of carbonyl (C=O) groups is 1. The highest BCUT2D eigenvalue weighted by atomic mass is 19.4. The van der Waals surface area contributed by atoms with Gasteiger partial charge < -0.3 is 21.1 Å². The molecule has 8 nitrogen and oxygen atoms in total. The van der Waals surface area contributed by atoms with Gasteiger partial charge in [0.25, 0.3) is 0 Å². The number of aromatic nitrogens is 3. The van der Waals surface area contributed by atoms with Crippen molar-refractivity contribution in [3.05, 3.63) is 84.3 Å². The third kappa shape index (κ3) is 5.81. The average Bonchev–Trinajstić information content (AvgIpc) is 2.83. The van der Waals surface area contributed by atoms with Crippen LogP contribution in [0.25, 0.3) is 11.1 Å². The number of nitrogen functional groups attached to an aromatic ring is 1. The zero-order valence-corrected chi connectivity index (χ0v) is 18.0. The highest BCUT2D eigenvalue weighted by Crippen LogP contribution is 2.31. The topological polar surface area (TPSA) is 115 Å². The van der Waals surface area contributed by atoms with Crippen molar-refractivity contribution < 1.29 is 31.5 Å². The number of nitrogens with one attached hydrogen (secondary N) is 2. The van der Waals surface area contributed by atoms with E-state index in [9.17, 15) is 26.7 Å². The molecule has 0 unspecified atom stereocenters. The van der Waals surface area contributed by atoms with Crippen molar-refractivity contribution >= 4 is 23.2 Å². The molecule has 0 fully saturated rings. The minimum atomic E-state index is -4.71. The molecule has 0 aliphatic heterocycles. The van der Waals surface area contributed by atoms with E-state index in [2.05, 4.69) is 25.6 Å². The van der Waals surface area contributed by atoms with Crippen LogP contribution in [0.5, 0.6) is 11.8 Å². The first-order valence-corrected chi connectivity index (χ1v) is 10.0. The molecule has 0 bridgehead atoms. The van der Waals surface area contributed by atoms with Gasteiger partial charge in [-0.1, -0.05) is 12.1 Å². The predicted molar refractivity (Wildman–Crippen MR) is 120 cm³/mol. The smallest absolute Gasteiger partial charge is 0.416 e. The molecule has 36 heavy (non-hydrogen) atoms. The zero-order valence-electron chi connectivity index (χ0n) is 18.0. The number of carbonyl (C=O) groups excluding carboxylic acids is 1.